The van der Waals surface area contributed by atoms with Crippen molar-refractivity contribution in [1.82, 2.24) is 0 Å². The van der Waals surface area contributed by atoms with E-state index in [1.54, 1.807) is 14.2 Å². The van der Waals surface area contributed by atoms with Crippen molar-refractivity contribution >= 4 is 9.53 Å². The lowest BCUT2D eigenvalue weighted by molar-refractivity contribution is 0.0741. The predicted octanol–water partition coefficient (Wildman–Crippen LogP) is 0.865. The van der Waals surface area contributed by atoms with Crippen molar-refractivity contribution in [2.24, 2.45) is 0 Å². The summed E-state index contributed by atoms with van der Waals surface area (Å²) >= 11 is 0. The summed E-state index contributed by atoms with van der Waals surface area (Å²) in [5, 5.41) is 0. The maximum Gasteiger partial charge on any atom is 0.577 e. The van der Waals surface area contributed by atoms with E-state index in [1.165, 1.54) is 0 Å². The summed E-state index contributed by atoms with van der Waals surface area (Å²) in [5.41, 5.74) is 0. The molecule has 95 valence electrons. The quantitative estimate of drug-likeness (QED) is 0.326. The molecule has 5 nitrogen and oxygen atoms in total. The van der Waals surface area contributed by atoms with E-state index in [4.69, 9.17) is 22.8 Å². The Bertz CT molecular complexity index is 173. The second kappa shape index (κ2) is 8.16. The third kappa shape index (κ3) is 6.57. The van der Waals surface area contributed by atoms with Crippen LogP contribution in [-0.4, -0.2) is 55.8 Å². The van der Waals surface area contributed by atoms with Gasteiger partial charge in [0.2, 0.25) is 0 Å². The van der Waals surface area contributed by atoms with Crippen molar-refractivity contribution in [2.45, 2.75) is 32.0 Å². The standard InChI is InChI=1S/C10H21O5Si/c1-9(15-16(11-2)12-3)5-4-6-13-7-10-8-14-10/h9-10H,4-8H2,1-3H3. The molecule has 1 rings (SSSR count). The summed E-state index contributed by atoms with van der Waals surface area (Å²) in [7, 11) is 1.67. The molecule has 6 heteroatoms. The molecule has 1 saturated heterocycles. The molecule has 2 unspecified atom stereocenters. The molecule has 1 heterocycles. The predicted molar refractivity (Wildman–Crippen MR) is 60.1 cm³/mol. The van der Waals surface area contributed by atoms with Crippen LogP contribution in [-0.2, 0) is 22.8 Å². The fourth-order valence-corrected chi connectivity index (χ4v) is 2.06. The third-order valence-corrected chi connectivity index (χ3v) is 3.50. The molecule has 0 amide bonds. The van der Waals surface area contributed by atoms with E-state index < -0.39 is 9.53 Å². The van der Waals surface area contributed by atoms with E-state index in [0.29, 0.717) is 6.10 Å². The van der Waals surface area contributed by atoms with Crippen LogP contribution in [0.2, 0.25) is 0 Å². The highest BCUT2D eigenvalue weighted by molar-refractivity contribution is 6.36. The van der Waals surface area contributed by atoms with Gasteiger partial charge in [-0.1, -0.05) is 0 Å². The van der Waals surface area contributed by atoms with Crippen molar-refractivity contribution in [3.63, 3.8) is 0 Å². The number of rotatable bonds is 10. The molecule has 0 saturated carbocycles. The minimum Gasteiger partial charge on any atom is -0.379 e. The van der Waals surface area contributed by atoms with E-state index in [0.717, 1.165) is 32.7 Å². The van der Waals surface area contributed by atoms with Gasteiger partial charge in [0.05, 0.1) is 13.2 Å². The molecule has 0 aliphatic carbocycles. The SMILES string of the molecule is CO[Si](OC)OC(C)CCCOCC1CO1. The fourth-order valence-electron chi connectivity index (χ4n) is 1.25. The van der Waals surface area contributed by atoms with Crippen molar-refractivity contribution in [2.75, 3.05) is 34.0 Å². The zero-order valence-corrected chi connectivity index (χ0v) is 11.2. The number of hydrogen-bond donors (Lipinski definition) is 0. The van der Waals surface area contributed by atoms with Gasteiger partial charge in [0.1, 0.15) is 6.10 Å². The average Bonchev–Trinajstić information content (AvgIpc) is 3.09. The summed E-state index contributed by atoms with van der Waals surface area (Å²) in [6, 6.07) is 0. The first-order valence-electron chi connectivity index (χ1n) is 5.57. The highest BCUT2D eigenvalue weighted by Gasteiger charge is 2.22. The van der Waals surface area contributed by atoms with Gasteiger partial charge in [0, 0.05) is 26.9 Å². The second-order valence-corrected chi connectivity index (χ2v) is 5.31. The van der Waals surface area contributed by atoms with E-state index in [2.05, 4.69) is 0 Å². The minimum absolute atomic E-state index is 0.148. The highest BCUT2D eigenvalue weighted by atomic mass is 28.3. The van der Waals surface area contributed by atoms with Gasteiger partial charge in [-0.2, -0.15) is 0 Å². The molecule has 0 aromatic heterocycles. The van der Waals surface area contributed by atoms with Gasteiger partial charge in [0.25, 0.3) is 0 Å². The lowest BCUT2D eigenvalue weighted by Crippen LogP contribution is -2.28. The zero-order valence-electron chi connectivity index (χ0n) is 10.2. The van der Waals surface area contributed by atoms with E-state index in [1.807, 2.05) is 6.92 Å². The Morgan fingerprint density at radius 2 is 2.06 bits per heavy atom. The molecule has 1 aliphatic rings. The molecule has 0 bridgehead atoms. The molecule has 16 heavy (non-hydrogen) atoms. The molecular weight excluding hydrogens is 228 g/mol. The van der Waals surface area contributed by atoms with Crippen LogP contribution in [0, 0.1) is 0 Å². The monoisotopic (exact) mass is 249 g/mol. The highest BCUT2D eigenvalue weighted by Crippen LogP contribution is 2.09. The van der Waals surface area contributed by atoms with Gasteiger partial charge >= 0.3 is 9.53 Å². The van der Waals surface area contributed by atoms with Crippen molar-refractivity contribution in [3.8, 4) is 0 Å². The molecular formula is C10H21O5Si. The van der Waals surface area contributed by atoms with Gasteiger partial charge in [0.15, 0.2) is 0 Å². The lowest BCUT2D eigenvalue weighted by atomic mass is 10.2. The van der Waals surface area contributed by atoms with E-state index >= 15 is 0 Å². The van der Waals surface area contributed by atoms with Crippen molar-refractivity contribution in [1.29, 1.82) is 0 Å². The first-order valence-corrected chi connectivity index (χ1v) is 6.79. The zero-order chi connectivity index (χ0) is 11.8. The first kappa shape index (κ1) is 14.1. The van der Waals surface area contributed by atoms with Gasteiger partial charge in [-0.25, -0.2) is 0 Å². The fraction of sp³-hybridized carbons (Fsp3) is 1.00. The Hall–Kier alpha value is 0.0169. The third-order valence-electron chi connectivity index (χ3n) is 2.24. The second-order valence-electron chi connectivity index (χ2n) is 3.76. The van der Waals surface area contributed by atoms with Crippen LogP contribution in [0.4, 0.5) is 0 Å². The van der Waals surface area contributed by atoms with Crippen molar-refractivity contribution < 1.29 is 22.8 Å². The van der Waals surface area contributed by atoms with Gasteiger partial charge in [-0.05, 0) is 19.8 Å². The van der Waals surface area contributed by atoms with Crippen LogP contribution in [0.3, 0.4) is 0 Å². The van der Waals surface area contributed by atoms with Crippen LogP contribution in [0.5, 0.6) is 0 Å². The molecule has 0 spiro atoms. The molecule has 0 aromatic rings. The van der Waals surface area contributed by atoms with Crippen LogP contribution < -0.4 is 0 Å². The van der Waals surface area contributed by atoms with E-state index in [-0.39, 0.29) is 6.10 Å². The molecule has 0 N–H and O–H groups in total. The molecule has 1 fully saturated rings. The Kier molecular flexibility index (Phi) is 7.18. The number of hydrogen-bond acceptors (Lipinski definition) is 5. The number of ether oxygens (including phenoxy) is 2. The Balaban J connectivity index is 1.89. The summed E-state index contributed by atoms with van der Waals surface area (Å²) in [6.45, 7) is 4.36. The molecule has 2 atom stereocenters. The van der Waals surface area contributed by atoms with Gasteiger partial charge < -0.3 is 22.8 Å². The first-order chi connectivity index (χ1) is 7.76. The van der Waals surface area contributed by atoms with Crippen LogP contribution >= 0.6 is 0 Å². The molecule has 1 aliphatic heterocycles. The normalized spacial score (nSPS) is 21.4. The largest absolute Gasteiger partial charge is 0.577 e. The summed E-state index contributed by atoms with van der Waals surface area (Å²) in [5.74, 6) is 0. The van der Waals surface area contributed by atoms with Crippen molar-refractivity contribution in [3.05, 3.63) is 0 Å². The topological polar surface area (TPSA) is 49.5 Å². The Morgan fingerprint density at radius 1 is 1.38 bits per heavy atom. The summed E-state index contributed by atoms with van der Waals surface area (Å²) < 4.78 is 26.1. The van der Waals surface area contributed by atoms with Crippen LogP contribution in [0.25, 0.3) is 0 Å². The smallest absolute Gasteiger partial charge is 0.379 e. The average molecular weight is 249 g/mol. The van der Waals surface area contributed by atoms with Gasteiger partial charge in [-0.3, -0.25) is 0 Å². The van der Waals surface area contributed by atoms with Crippen LogP contribution in [0.1, 0.15) is 19.8 Å². The summed E-state index contributed by atoms with van der Waals surface area (Å²) in [6.07, 6.45) is 2.43. The Labute approximate surface area is 98.9 Å². The molecule has 1 radical (unpaired) electrons. The maximum absolute atomic E-state index is 5.57. The lowest BCUT2D eigenvalue weighted by Gasteiger charge is -2.16. The maximum atomic E-state index is 5.57. The van der Waals surface area contributed by atoms with Gasteiger partial charge in [-0.15, -0.1) is 0 Å². The summed E-state index contributed by atoms with van der Waals surface area (Å²) in [4.78, 5) is 0. The Morgan fingerprint density at radius 3 is 2.62 bits per heavy atom. The number of epoxide rings is 1. The van der Waals surface area contributed by atoms with Crippen LogP contribution in [0.15, 0.2) is 0 Å². The minimum atomic E-state index is -1.53. The molecule has 0 aromatic carbocycles. The van der Waals surface area contributed by atoms with E-state index in [9.17, 15) is 0 Å².